The minimum Gasteiger partial charge on any atom is -0.469 e. The van der Waals surface area contributed by atoms with Gasteiger partial charge in [-0.15, -0.1) is 0 Å². The Balaban J connectivity index is 2.56. The molecule has 5 heteroatoms. The van der Waals surface area contributed by atoms with Gasteiger partial charge in [-0.25, -0.2) is 4.79 Å². The Morgan fingerprint density at radius 2 is 1.94 bits per heavy atom. The molecule has 1 aliphatic carbocycles. The van der Waals surface area contributed by atoms with Crippen LogP contribution in [0.15, 0.2) is 5.57 Å². The van der Waals surface area contributed by atoms with E-state index in [0.717, 1.165) is 25.7 Å². The number of hydrogen-bond donors (Lipinski definition) is 1. The van der Waals surface area contributed by atoms with Gasteiger partial charge in [-0.1, -0.05) is 12.8 Å². The monoisotopic (exact) mass is 253 g/mol. The van der Waals surface area contributed by atoms with E-state index in [4.69, 9.17) is 4.74 Å². The van der Waals surface area contributed by atoms with Crippen molar-refractivity contribution < 1.29 is 19.1 Å². The fourth-order valence-corrected chi connectivity index (χ4v) is 2.33. The van der Waals surface area contributed by atoms with Crippen LogP contribution in [0.4, 0.5) is 0 Å². The smallest absolute Gasteiger partial charge is 0.313 e. The second-order valence-corrected chi connectivity index (χ2v) is 4.81. The van der Waals surface area contributed by atoms with Crippen LogP contribution in [-0.4, -0.2) is 31.5 Å². The molecule has 1 fully saturated rings. The molecule has 0 spiro atoms. The van der Waals surface area contributed by atoms with E-state index < -0.39 is 5.41 Å². The van der Waals surface area contributed by atoms with Crippen LogP contribution in [0, 0.1) is 5.41 Å². The van der Waals surface area contributed by atoms with Crippen LogP contribution in [0.1, 0.15) is 39.0 Å². The molecule has 18 heavy (non-hydrogen) atoms. The van der Waals surface area contributed by atoms with E-state index >= 15 is 0 Å². The molecule has 100 valence electrons. The SMILES string of the molecule is COC(=O)C1(CNC(=O)CC(C)=C=O)CCCC1. The average Bonchev–Trinajstić information content (AvgIpc) is 2.85. The van der Waals surface area contributed by atoms with Crippen LogP contribution in [0.5, 0.6) is 0 Å². The van der Waals surface area contributed by atoms with Gasteiger partial charge in [0, 0.05) is 12.1 Å². The number of hydrogen-bond acceptors (Lipinski definition) is 4. The molecule has 1 N–H and O–H groups in total. The zero-order valence-electron chi connectivity index (χ0n) is 10.9. The van der Waals surface area contributed by atoms with E-state index in [-0.39, 0.29) is 24.8 Å². The zero-order valence-corrected chi connectivity index (χ0v) is 10.9. The zero-order chi connectivity index (χ0) is 13.6. The number of ether oxygens (including phenoxy) is 1. The quantitative estimate of drug-likeness (QED) is 0.586. The van der Waals surface area contributed by atoms with Gasteiger partial charge in [-0.2, -0.15) is 0 Å². The number of amides is 1. The van der Waals surface area contributed by atoms with E-state index in [0.29, 0.717) is 5.57 Å². The Bertz CT molecular complexity index is 376. The molecule has 1 aliphatic rings. The summed E-state index contributed by atoms with van der Waals surface area (Å²) in [4.78, 5) is 33.6. The molecule has 0 aromatic carbocycles. The highest BCUT2D eigenvalue weighted by molar-refractivity contribution is 5.82. The van der Waals surface area contributed by atoms with Crippen LogP contribution in [0.3, 0.4) is 0 Å². The summed E-state index contributed by atoms with van der Waals surface area (Å²) < 4.78 is 4.81. The lowest BCUT2D eigenvalue weighted by Gasteiger charge is -2.25. The van der Waals surface area contributed by atoms with Crippen molar-refractivity contribution in [3.05, 3.63) is 5.57 Å². The molecule has 0 aromatic rings. The number of esters is 1. The molecule has 0 saturated heterocycles. The van der Waals surface area contributed by atoms with Gasteiger partial charge in [-0.05, 0) is 19.8 Å². The first-order chi connectivity index (χ1) is 8.54. The summed E-state index contributed by atoms with van der Waals surface area (Å²) in [5, 5.41) is 2.71. The minimum atomic E-state index is -0.580. The fourth-order valence-electron chi connectivity index (χ4n) is 2.33. The van der Waals surface area contributed by atoms with Crippen LogP contribution < -0.4 is 5.32 Å². The van der Waals surface area contributed by atoms with Crippen LogP contribution in [-0.2, 0) is 19.1 Å². The van der Waals surface area contributed by atoms with E-state index in [1.54, 1.807) is 12.9 Å². The van der Waals surface area contributed by atoms with Crippen molar-refractivity contribution >= 4 is 17.8 Å². The molecular formula is C13H19NO4. The Morgan fingerprint density at radius 3 is 2.44 bits per heavy atom. The predicted molar refractivity (Wildman–Crippen MR) is 65.4 cm³/mol. The van der Waals surface area contributed by atoms with Gasteiger partial charge in [-0.3, -0.25) is 9.59 Å². The van der Waals surface area contributed by atoms with Crippen molar-refractivity contribution in [1.29, 1.82) is 0 Å². The van der Waals surface area contributed by atoms with Crippen molar-refractivity contribution in [2.24, 2.45) is 5.41 Å². The van der Waals surface area contributed by atoms with Crippen molar-refractivity contribution in [1.82, 2.24) is 5.32 Å². The van der Waals surface area contributed by atoms with E-state index in [9.17, 15) is 14.4 Å². The van der Waals surface area contributed by atoms with Gasteiger partial charge in [0.15, 0.2) is 0 Å². The van der Waals surface area contributed by atoms with Crippen molar-refractivity contribution in [2.75, 3.05) is 13.7 Å². The number of carbonyl (C=O) groups excluding carboxylic acids is 3. The maximum atomic E-state index is 11.8. The Hall–Kier alpha value is -1.61. The summed E-state index contributed by atoms with van der Waals surface area (Å²) in [7, 11) is 1.36. The van der Waals surface area contributed by atoms with Crippen LogP contribution in [0.25, 0.3) is 0 Å². The largest absolute Gasteiger partial charge is 0.469 e. The van der Waals surface area contributed by atoms with Gasteiger partial charge >= 0.3 is 5.97 Å². The summed E-state index contributed by atoms with van der Waals surface area (Å²) >= 11 is 0. The molecule has 0 radical (unpaired) electrons. The van der Waals surface area contributed by atoms with Gasteiger partial charge in [0.1, 0.15) is 5.94 Å². The molecular weight excluding hydrogens is 234 g/mol. The first-order valence-corrected chi connectivity index (χ1v) is 6.10. The lowest BCUT2D eigenvalue weighted by Crippen LogP contribution is -2.42. The lowest BCUT2D eigenvalue weighted by atomic mass is 9.86. The number of carbonyl (C=O) groups is 2. The number of rotatable bonds is 5. The fraction of sp³-hybridized carbons (Fsp3) is 0.692. The minimum absolute atomic E-state index is 0.0285. The van der Waals surface area contributed by atoms with E-state index in [2.05, 4.69) is 5.32 Å². The third-order valence-electron chi connectivity index (χ3n) is 3.40. The summed E-state index contributed by atoms with van der Waals surface area (Å²) in [6.45, 7) is 1.84. The molecule has 0 unspecified atom stereocenters. The molecule has 5 nitrogen and oxygen atoms in total. The van der Waals surface area contributed by atoms with Gasteiger partial charge in [0.25, 0.3) is 0 Å². The van der Waals surface area contributed by atoms with Crippen molar-refractivity contribution in [3.63, 3.8) is 0 Å². The number of methoxy groups -OCH3 is 1. The maximum absolute atomic E-state index is 11.8. The van der Waals surface area contributed by atoms with Crippen molar-refractivity contribution in [2.45, 2.75) is 39.0 Å². The summed E-state index contributed by atoms with van der Waals surface area (Å²) in [5.74, 6) is 1.16. The molecule has 0 bridgehead atoms. The molecule has 0 aromatic heterocycles. The van der Waals surface area contributed by atoms with Gasteiger partial charge < -0.3 is 10.1 Å². The summed E-state index contributed by atoms with van der Waals surface area (Å²) in [6.07, 6.45) is 3.45. The lowest BCUT2D eigenvalue weighted by molar-refractivity contribution is -0.152. The molecule has 1 rings (SSSR count). The third kappa shape index (κ3) is 3.44. The van der Waals surface area contributed by atoms with Crippen molar-refractivity contribution in [3.8, 4) is 0 Å². The van der Waals surface area contributed by atoms with E-state index in [1.807, 2.05) is 0 Å². The Labute approximate surface area is 107 Å². The molecule has 0 heterocycles. The molecule has 0 aliphatic heterocycles. The van der Waals surface area contributed by atoms with Gasteiger partial charge in [0.2, 0.25) is 5.91 Å². The Kier molecular flexibility index (Phi) is 5.10. The standard InChI is InChI=1S/C13H19NO4/c1-10(8-15)7-11(16)14-9-13(12(17)18-2)5-3-4-6-13/h3-7,9H2,1-2H3,(H,14,16). The third-order valence-corrected chi connectivity index (χ3v) is 3.40. The summed E-state index contributed by atoms with van der Waals surface area (Å²) in [5.41, 5.74) is -0.227. The number of nitrogens with one attached hydrogen (secondary N) is 1. The topological polar surface area (TPSA) is 72.5 Å². The second-order valence-electron chi connectivity index (χ2n) is 4.81. The van der Waals surface area contributed by atoms with Gasteiger partial charge in [0.05, 0.1) is 18.9 Å². The summed E-state index contributed by atoms with van der Waals surface area (Å²) in [6, 6.07) is 0. The van der Waals surface area contributed by atoms with Crippen LogP contribution in [0.2, 0.25) is 0 Å². The highest BCUT2D eigenvalue weighted by Gasteiger charge is 2.42. The molecule has 1 saturated carbocycles. The predicted octanol–water partition coefficient (Wildman–Crippen LogP) is 1.00. The Morgan fingerprint density at radius 1 is 1.33 bits per heavy atom. The highest BCUT2D eigenvalue weighted by atomic mass is 16.5. The van der Waals surface area contributed by atoms with Crippen LogP contribution >= 0.6 is 0 Å². The maximum Gasteiger partial charge on any atom is 0.313 e. The first kappa shape index (κ1) is 14.5. The molecule has 1 amide bonds. The molecule has 0 atom stereocenters. The average molecular weight is 253 g/mol. The first-order valence-electron chi connectivity index (χ1n) is 6.10. The highest BCUT2D eigenvalue weighted by Crippen LogP contribution is 2.38. The second kappa shape index (κ2) is 6.36. The normalized spacial score (nSPS) is 16.8. The van der Waals surface area contributed by atoms with E-state index in [1.165, 1.54) is 7.11 Å².